The quantitative estimate of drug-likeness (QED) is 0.111. The monoisotopic (exact) mass is 646 g/mol. The number of ether oxygens (including phenoxy) is 2. The zero-order chi connectivity index (χ0) is 33.0. The second-order valence-corrected chi connectivity index (χ2v) is 12.3. The fourth-order valence-corrected chi connectivity index (χ4v) is 6.31. The number of esters is 1. The van der Waals surface area contributed by atoms with Crippen LogP contribution in [0.3, 0.4) is 0 Å². The maximum absolute atomic E-state index is 13.0. The molecule has 0 spiro atoms. The lowest BCUT2D eigenvalue weighted by Crippen LogP contribution is -2.38. The SMILES string of the molecule is CCONC(=O)CCCCCCC(=O)N1CCc2c([nH]c3ccc(OCC(=O)N[C@H](C(=O)OC4CCCC4)c4ccccc4)cc23)C1. The van der Waals surface area contributed by atoms with Gasteiger partial charge in [0.25, 0.3) is 5.91 Å². The third kappa shape index (κ3) is 9.57. The van der Waals surface area contributed by atoms with Gasteiger partial charge in [0.05, 0.1) is 13.2 Å². The molecular weight excluding hydrogens is 600 g/mol. The number of aromatic amines is 1. The summed E-state index contributed by atoms with van der Waals surface area (Å²) in [5, 5.41) is 3.82. The Hall–Kier alpha value is -4.38. The van der Waals surface area contributed by atoms with Crippen LogP contribution in [0.5, 0.6) is 5.75 Å². The van der Waals surface area contributed by atoms with Gasteiger partial charge < -0.3 is 24.7 Å². The van der Waals surface area contributed by atoms with Crippen molar-refractivity contribution in [2.24, 2.45) is 0 Å². The fourth-order valence-electron chi connectivity index (χ4n) is 6.31. The minimum absolute atomic E-state index is 0.102. The van der Waals surface area contributed by atoms with E-state index in [1.54, 1.807) is 12.1 Å². The molecular formula is C36H46N4O7. The van der Waals surface area contributed by atoms with Crippen LogP contribution in [0.1, 0.15) is 94.0 Å². The number of hydrogen-bond acceptors (Lipinski definition) is 7. The van der Waals surface area contributed by atoms with Crippen molar-refractivity contribution in [3.05, 3.63) is 65.4 Å². The van der Waals surface area contributed by atoms with E-state index in [0.29, 0.717) is 43.9 Å². The molecule has 2 aromatic carbocycles. The smallest absolute Gasteiger partial charge is 0.333 e. The molecule has 3 amide bonds. The fraction of sp³-hybridized carbons (Fsp3) is 0.500. The van der Waals surface area contributed by atoms with Crippen LogP contribution in [-0.2, 0) is 41.7 Å². The average molecular weight is 647 g/mol. The van der Waals surface area contributed by atoms with Crippen molar-refractivity contribution in [1.29, 1.82) is 0 Å². The second-order valence-electron chi connectivity index (χ2n) is 12.3. The van der Waals surface area contributed by atoms with Crippen molar-refractivity contribution in [2.75, 3.05) is 19.8 Å². The van der Waals surface area contributed by atoms with E-state index in [2.05, 4.69) is 15.8 Å². The maximum atomic E-state index is 13.0. The maximum Gasteiger partial charge on any atom is 0.333 e. The van der Waals surface area contributed by atoms with Crippen LogP contribution in [0.25, 0.3) is 10.9 Å². The van der Waals surface area contributed by atoms with Crippen LogP contribution >= 0.6 is 0 Å². The molecule has 3 aromatic rings. The zero-order valence-electron chi connectivity index (χ0n) is 27.2. The summed E-state index contributed by atoms with van der Waals surface area (Å²) in [7, 11) is 0. The third-order valence-corrected chi connectivity index (χ3v) is 8.80. The first-order chi connectivity index (χ1) is 22.9. The van der Waals surface area contributed by atoms with Crippen LogP contribution in [-0.4, -0.2) is 59.4 Å². The van der Waals surface area contributed by atoms with E-state index in [1.807, 2.05) is 48.2 Å². The molecule has 1 saturated carbocycles. The Morgan fingerprint density at radius 1 is 0.957 bits per heavy atom. The molecule has 0 saturated heterocycles. The van der Waals surface area contributed by atoms with E-state index < -0.39 is 17.9 Å². The number of nitrogens with one attached hydrogen (secondary N) is 3. The summed E-state index contributed by atoms with van der Waals surface area (Å²) in [6.45, 7) is 3.18. The van der Waals surface area contributed by atoms with Crippen molar-refractivity contribution in [2.45, 2.75) is 96.2 Å². The molecule has 1 aliphatic carbocycles. The number of fused-ring (bicyclic) bond motifs is 3. The van der Waals surface area contributed by atoms with Gasteiger partial charge in [-0.3, -0.25) is 19.2 Å². The lowest BCUT2D eigenvalue weighted by atomic mass is 10.0. The van der Waals surface area contributed by atoms with Gasteiger partial charge in [-0.25, -0.2) is 10.3 Å². The highest BCUT2D eigenvalue weighted by Crippen LogP contribution is 2.31. The Labute approximate surface area is 275 Å². The summed E-state index contributed by atoms with van der Waals surface area (Å²) >= 11 is 0. The van der Waals surface area contributed by atoms with Crippen molar-refractivity contribution in [1.82, 2.24) is 20.7 Å². The van der Waals surface area contributed by atoms with Gasteiger partial charge in [-0.05, 0) is 81.2 Å². The van der Waals surface area contributed by atoms with E-state index in [0.717, 1.165) is 79.9 Å². The van der Waals surface area contributed by atoms with Crippen LogP contribution in [0.2, 0.25) is 0 Å². The normalized spacial score (nSPS) is 15.2. The van der Waals surface area contributed by atoms with Crippen LogP contribution < -0.4 is 15.5 Å². The summed E-state index contributed by atoms with van der Waals surface area (Å²) in [6, 6.07) is 13.9. The molecule has 0 bridgehead atoms. The summed E-state index contributed by atoms with van der Waals surface area (Å²) < 4.78 is 11.6. The summed E-state index contributed by atoms with van der Waals surface area (Å²) in [5.41, 5.74) is 6.19. The molecule has 252 valence electrons. The Kier molecular flexibility index (Phi) is 12.3. The minimum Gasteiger partial charge on any atom is -0.484 e. The van der Waals surface area contributed by atoms with Gasteiger partial charge in [0.2, 0.25) is 11.8 Å². The van der Waals surface area contributed by atoms with Gasteiger partial charge in [0, 0.05) is 36.0 Å². The van der Waals surface area contributed by atoms with Crippen LogP contribution in [0.4, 0.5) is 0 Å². The number of benzene rings is 2. The Bertz CT molecular complexity index is 1520. The Morgan fingerprint density at radius 2 is 1.72 bits per heavy atom. The highest BCUT2D eigenvalue weighted by atomic mass is 16.6. The first-order valence-corrected chi connectivity index (χ1v) is 16.9. The van der Waals surface area contributed by atoms with E-state index in [1.165, 1.54) is 0 Å². The molecule has 2 heterocycles. The standard InChI is InChI=1S/C36H46N4O7/c1-2-46-39-32(41)16-8-3-4-9-17-34(43)40-21-20-28-29-22-27(18-19-30(29)37-31(28)23-40)45-24-33(42)38-35(25-12-6-5-7-13-25)36(44)47-26-14-10-11-15-26/h5-7,12-13,18-19,22,26,35,37H,2-4,8-11,14-17,20-21,23-24H2,1H3,(H,38,42)(H,39,41)/t35-/m0/s1. The highest BCUT2D eigenvalue weighted by Gasteiger charge is 2.29. The summed E-state index contributed by atoms with van der Waals surface area (Å²) in [5.74, 6) is -0.296. The topological polar surface area (TPSA) is 139 Å². The lowest BCUT2D eigenvalue weighted by Gasteiger charge is -2.27. The number of hydrogen-bond donors (Lipinski definition) is 3. The summed E-state index contributed by atoms with van der Waals surface area (Å²) in [6.07, 6.45) is 8.68. The number of carbonyl (C=O) groups excluding carboxylic acids is 4. The van der Waals surface area contributed by atoms with Crippen molar-refractivity contribution in [3.63, 3.8) is 0 Å². The number of hydroxylamine groups is 1. The molecule has 1 aliphatic heterocycles. The molecule has 47 heavy (non-hydrogen) atoms. The predicted molar refractivity (Wildman–Crippen MR) is 176 cm³/mol. The number of carbonyl (C=O) groups is 4. The van der Waals surface area contributed by atoms with E-state index in [-0.39, 0.29) is 24.5 Å². The highest BCUT2D eigenvalue weighted by molar-refractivity contribution is 5.88. The largest absolute Gasteiger partial charge is 0.484 e. The van der Waals surface area contributed by atoms with Gasteiger partial charge in [0.15, 0.2) is 12.6 Å². The van der Waals surface area contributed by atoms with Gasteiger partial charge in [-0.15, -0.1) is 0 Å². The second kappa shape index (κ2) is 17.0. The Balaban J connectivity index is 1.10. The molecule has 0 unspecified atom stereocenters. The minimum atomic E-state index is -0.906. The predicted octanol–water partition coefficient (Wildman–Crippen LogP) is 5.18. The molecule has 1 aromatic heterocycles. The summed E-state index contributed by atoms with van der Waals surface area (Å²) in [4.78, 5) is 60.8. The van der Waals surface area contributed by atoms with Gasteiger partial charge in [-0.2, -0.15) is 0 Å². The van der Waals surface area contributed by atoms with Gasteiger partial charge >= 0.3 is 5.97 Å². The molecule has 1 fully saturated rings. The molecule has 11 heteroatoms. The number of amides is 3. The molecule has 1 atom stereocenters. The van der Waals surface area contributed by atoms with E-state index in [4.69, 9.17) is 14.3 Å². The van der Waals surface area contributed by atoms with Crippen LogP contribution in [0, 0.1) is 0 Å². The van der Waals surface area contributed by atoms with Crippen LogP contribution in [0.15, 0.2) is 48.5 Å². The number of H-pyrrole nitrogens is 1. The number of aromatic nitrogens is 1. The molecule has 0 radical (unpaired) electrons. The average Bonchev–Trinajstić information content (AvgIpc) is 3.74. The number of rotatable bonds is 16. The lowest BCUT2D eigenvalue weighted by molar-refractivity contribution is -0.153. The molecule has 3 N–H and O–H groups in total. The van der Waals surface area contributed by atoms with Gasteiger partial charge in [-0.1, -0.05) is 43.2 Å². The van der Waals surface area contributed by atoms with E-state index in [9.17, 15) is 19.2 Å². The van der Waals surface area contributed by atoms with Crippen molar-refractivity contribution in [3.8, 4) is 5.75 Å². The first-order valence-electron chi connectivity index (χ1n) is 16.9. The van der Waals surface area contributed by atoms with Crippen molar-refractivity contribution < 1.29 is 33.5 Å². The molecule has 2 aliphatic rings. The Morgan fingerprint density at radius 3 is 2.49 bits per heavy atom. The number of nitrogens with zero attached hydrogens (tertiary/aromatic N) is 1. The van der Waals surface area contributed by atoms with Crippen molar-refractivity contribution >= 4 is 34.6 Å². The van der Waals surface area contributed by atoms with Gasteiger partial charge in [0.1, 0.15) is 11.9 Å². The third-order valence-electron chi connectivity index (χ3n) is 8.80. The van der Waals surface area contributed by atoms with E-state index >= 15 is 0 Å². The molecule has 11 nitrogen and oxygen atoms in total. The molecule has 5 rings (SSSR count). The number of unbranched alkanes of at least 4 members (excludes halogenated alkanes) is 3. The first kappa shape index (κ1) is 34.0. The zero-order valence-corrected chi connectivity index (χ0v) is 27.2.